The Kier molecular flexibility index (Phi) is 4.03. The summed E-state index contributed by atoms with van der Waals surface area (Å²) in [6.45, 7) is -0.0813. The van der Waals surface area contributed by atoms with Crippen molar-refractivity contribution in [3.63, 3.8) is 0 Å². The van der Waals surface area contributed by atoms with Crippen LogP contribution >= 0.6 is 11.8 Å². The van der Waals surface area contributed by atoms with Gasteiger partial charge in [0.1, 0.15) is 5.82 Å². The van der Waals surface area contributed by atoms with Gasteiger partial charge in [0.25, 0.3) is 0 Å². The van der Waals surface area contributed by atoms with Gasteiger partial charge in [-0.25, -0.2) is 4.39 Å². The highest BCUT2D eigenvalue weighted by molar-refractivity contribution is 7.99. The molecule has 3 rings (SSSR count). The number of pyridine rings is 1. The molecule has 0 fully saturated rings. The summed E-state index contributed by atoms with van der Waals surface area (Å²) < 4.78 is 15.8. The maximum absolute atomic E-state index is 14.0. The molecule has 3 nitrogen and oxygen atoms in total. The molecular weight excluding hydrogens is 287 g/mol. The Hall–Kier alpha value is -2.11. The zero-order valence-corrected chi connectivity index (χ0v) is 11.9. The van der Waals surface area contributed by atoms with Gasteiger partial charge in [-0.1, -0.05) is 23.9 Å². The average Bonchev–Trinajstić information content (AvgIpc) is 2.92. The molecule has 0 aliphatic rings. The Morgan fingerprint density at radius 3 is 2.76 bits per heavy atom. The number of aliphatic hydroxyl groups excluding tert-OH is 1. The predicted molar refractivity (Wildman–Crippen MR) is 80.0 cm³/mol. The predicted octanol–water partition coefficient (Wildman–Crippen LogP) is 3.65. The Morgan fingerprint density at radius 2 is 2.05 bits per heavy atom. The molecule has 0 saturated carbocycles. The molecule has 0 radical (unpaired) electrons. The normalized spacial score (nSPS) is 10.8. The van der Waals surface area contributed by atoms with Crippen molar-refractivity contribution < 1.29 is 9.50 Å². The largest absolute Gasteiger partial charge is 0.392 e. The maximum Gasteiger partial charge on any atom is 0.147 e. The van der Waals surface area contributed by atoms with Crippen LogP contribution in [-0.4, -0.2) is 14.7 Å². The number of rotatable bonds is 4. The number of hydrogen-bond donors (Lipinski definition) is 1. The SMILES string of the molecule is OCc1cc(Sc2cccnc2)n(-c2ccccc2F)c1. The Morgan fingerprint density at radius 1 is 1.19 bits per heavy atom. The third-order valence-corrected chi connectivity index (χ3v) is 3.99. The maximum atomic E-state index is 14.0. The van der Waals surface area contributed by atoms with Crippen LogP contribution < -0.4 is 0 Å². The zero-order valence-electron chi connectivity index (χ0n) is 11.1. The van der Waals surface area contributed by atoms with Crippen LogP contribution in [0.5, 0.6) is 0 Å². The topological polar surface area (TPSA) is 38.1 Å². The summed E-state index contributed by atoms with van der Waals surface area (Å²) in [4.78, 5) is 5.03. The molecule has 21 heavy (non-hydrogen) atoms. The molecule has 2 aromatic heterocycles. The lowest BCUT2D eigenvalue weighted by Crippen LogP contribution is -1.97. The van der Waals surface area contributed by atoms with Gasteiger partial charge in [-0.15, -0.1) is 0 Å². The lowest BCUT2D eigenvalue weighted by molar-refractivity contribution is 0.282. The minimum absolute atomic E-state index is 0.0813. The van der Waals surface area contributed by atoms with Gasteiger partial charge in [0, 0.05) is 23.5 Å². The molecule has 1 N–H and O–H groups in total. The van der Waals surface area contributed by atoms with Gasteiger partial charge in [0.05, 0.1) is 17.3 Å². The van der Waals surface area contributed by atoms with Crippen molar-refractivity contribution >= 4 is 11.8 Å². The number of aliphatic hydroxyl groups is 1. The first-order chi connectivity index (χ1) is 10.3. The van der Waals surface area contributed by atoms with Gasteiger partial charge in [0.2, 0.25) is 0 Å². The van der Waals surface area contributed by atoms with E-state index >= 15 is 0 Å². The van der Waals surface area contributed by atoms with Crippen LogP contribution in [0.3, 0.4) is 0 Å². The standard InChI is InChI=1S/C16H13FN2OS/c17-14-5-1-2-6-15(14)19-10-12(11-20)8-16(19)21-13-4-3-7-18-9-13/h1-10,20H,11H2. The fourth-order valence-electron chi connectivity index (χ4n) is 2.02. The van der Waals surface area contributed by atoms with Crippen LogP contribution in [0.25, 0.3) is 5.69 Å². The van der Waals surface area contributed by atoms with Gasteiger partial charge >= 0.3 is 0 Å². The van der Waals surface area contributed by atoms with Crippen LogP contribution in [0.2, 0.25) is 0 Å². The van der Waals surface area contributed by atoms with E-state index in [0.29, 0.717) is 5.69 Å². The fourth-order valence-corrected chi connectivity index (χ4v) is 2.98. The summed E-state index contributed by atoms with van der Waals surface area (Å²) in [5, 5.41) is 10.2. The number of halogens is 1. The molecular formula is C16H13FN2OS. The quantitative estimate of drug-likeness (QED) is 0.799. The minimum Gasteiger partial charge on any atom is -0.392 e. The van der Waals surface area contributed by atoms with E-state index in [1.54, 1.807) is 41.4 Å². The first kappa shape index (κ1) is 13.9. The molecule has 0 aliphatic heterocycles. The average molecular weight is 300 g/mol. The zero-order chi connectivity index (χ0) is 14.7. The summed E-state index contributed by atoms with van der Waals surface area (Å²) in [6.07, 6.45) is 5.21. The monoisotopic (exact) mass is 300 g/mol. The third-order valence-electron chi connectivity index (χ3n) is 2.99. The van der Waals surface area contributed by atoms with Crippen LogP contribution in [0.1, 0.15) is 5.56 Å². The summed E-state index contributed by atoms with van der Waals surface area (Å²) in [5.41, 5.74) is 1.20. The van der Waals surface area contributed by atoms with Gasteiger partial charge in [0.15, 0.2) is 0 Å². The first-order valence-electron chi connectivity index (χ1n) is 6.43. The Balaban J connectivity index is 2.04. The molecule has 0 bridgehead atoms. The summed E-state index contributed by atoms with van der Waals surface area (Å²) in [6, 6.07) is 12.2. The van der Waals surface area contributed by atoms with Gasteiger partial charge in [-0.05, 0) is 35.9 Å². The highest BCUT2D eigenvalue weighted by Crippen LogP contribution is 2.31. The lowest BCUT2D eigenvalue weighted by atomic mass is 10.3. The van der Waals surface area contributed by atoms with Crippen molar-refractivity contribution in [2.45, 2.75) is 16.5 Å². The molecule has 0 spiro atoms. The van der Waals surface area contributed by atoms with E-state index in [2.05, 4.69) is 4.98 Å². The van der Waals surface area contributed by atoms with E-state index < -0.39 is 0 Å². The van der Waals surface area contributed by atoms with Gasteiger partial charge in [-0.2, -0.15) is 0 Å². The first-order valence-corrected chi connectivity index (χ1v) is 7.24. The third kappa shape index (κ3) is 2.99. The van der Waals surface area contributed by atoms with Crippen molar-refractivity contribution in [2.75, 3.05) is 0 Å². The molecule has 2 heterocycles. The van der Waals surface area contributed by atoms with Crippen molar-refractivity contribution in [1.29, 1.82) is 0 Å². The van der Waals surface area contributed by atoms with E-state index in [4.69, 9.17) is 0 Å². The minimum atomic E-state index is -0.300. The molecule has 0 atom stereocenters. The highest BCUT2D eigenvalue weighted by Gasteiger charge is 2.12. The lowest BCUT2D eigenvalue weighted by Gasteiger charge is -2.09. The molecule has 0 saturated heterocycles. The Labute approximate surface area is 126 Å². The van der Waals surface area contributed by atoms with Crippen LogP contribution in [0, 0.1) is 5.82 Å². The van der Waals surface area contributed by atoms with E-state index in [1.165, 1.54) is 17.8 Å². The number of para-hydroxylation sites is 1. The fraction of sp³-hybridized carbons (Fsp3) is 0.0625. The highest BCUT2D eigenvalue weighted by atomic mass is 32.2. The Bertz CT molecular complexity index is 743. The van der Waals surface area contributed by atoms with E-state index in [-0.39, 0.29) is 12.4 Å². The second-order valence-corrected chi connectivity index (χ2v) is 5.55. The molecule has 3 aromatic rings. The second kappa shape index (κ2) is 6.11. The number of benzene rings is 1. The van der Waals surface area contributed by atoms with Crippen molar-refractivity contribution in [3.05, 3.63) is 72.4 Å². The number of aromatic nitrogens is 2. The molecule has 5 heteroatoms. The van der Waals surface area contributed by atoms with E-state index in [0.717, 1.165) is 15.5 Å². The second-order valence-electron chi connectivity index (χ2n) is 4.46. The molecule has 0 aliphatic carbocycles. The van der Waals surface area contributed by atoms with Crippen LogP contribution in [0.4, 0.5) is 4.39 Å². The van der Waals surface area contributed by atoms with Crippen molar-refractivity contribution in [1.82, 2.24) is 9.55 Å². The summed E-state index contributed by atoms with van der Waals surface area (Å²) in [7, 11) is 0. The van der Waals surface area contributed by atoms with Crippen LogP contribution in [-0.2, 0) is 6.61 Å². The smallest absolute Gasteiger partial charge is 0.147 e. The van der Waals surface area contributed by atoms with Crippen LogP contribution in [0.15, 0.2) is 71.0 Å². The molecule has 0 unspecified atom stereocenters. The van der Waals surface area contributed by atoms with Crippen molar-refractivity contribution in [3.8, 4) is 5.69 Å². The van der Waals surface area contributed by atoms with E-state index in [1.807, 2.05) is 18.2 Å². The summed E-state index contributed by atoms with van der Waals surface area (Å²) in [5.74, 6) is -0.300. The molecule has 1 aromatic carbocycles. The number of hydrogen-bond acceptors (Lipinski definition) is 3. The van der Waals surface area contributed by atoms with Gasteiger partial charge < -0.3 is 9.67 Å². The van der Waals surface area contributed by atoms with Crippen molar-refractivity contribution in [2.24, 2.45) is 0 Å². The number of nitrogens with zero attached hydrogens (tertiary/aromatic N) is 2. The molecule has 106 valence electrons. The summed E-state index contributed by atoms with van der Waals surface area (Å²) >= 11 is 1.48. The van der Waals surface area contributed by atoms with Gasteiger partial charge in [-0.3, -0.25) is 4.98 Å². The molecule has 0 amide bonds. The van der Waals surface area contributed by atoms with E-state index in [9.17, 15) is 9.50 Å².